The molecule has 0 radical (unpaired) electrons. The molecule has 4 heterocycles. The van der Waals surface area contributed by atoms with Crippen LogP contribution in [0.15, 0.2) is 84.9 Å². The quantitative estimate of drug-likeness (QED) is 0.156. The van der Waals surface area contributed by atoms with Gasteiger partial charge in [0.05, 0.1) is 6.61 Å². The number of phenols is 1. The van der Waals surface area contributed by atoms with Crippen molar-refractivity contribution in [2.24, 2.45) is 5.92 Å². The van der Waals surface area contributed by atoms with Crippen molar-refractivity contribution in [3.05, 3.63) is 119 Å². The lowest BCUT2D eigenvalue weighted by Gasteiger charge is -2.40. The Morgan fingerprint density at radius 2 is 1.59 bits per heavy atom. The van der Waals surface area contributed by atoms with Gasteiger partial charge in [0.25, 0.3) is 5.91 Å². The van der Waals surface area contributed by atoms with Crippen molar-refractivity contribution in [1.82, 2.24) is 15.5 Å². The molecule has 4 aliphatic heterocycles. The molecule has 4 aromatic rings. The summed E-state index contributed by atoms with van der Waals surface area (Å²) in [5, 5.41) is 15.1. The largest absolute Gasteiger partial charge is 0.508 e. The van der Waals surface area contributed by atoms with E-state index in [1.54, 1.807) is 12.1 Å². The molecule has 3 amide bonds. The number of unbranched alkanes of at least 4 members (excludes halogenated alkanes) is 1. The molecule has 4 aromatic carbocycles. The molecular weight excluding hydrogens is 710 g/mol. The van der Waals surface area contributed by atoms with Crippen LogP contribution in [-0.2, 0) is 16.1 Å². The number of fused-ring (bicyclic) bond motifs is 2. The second kappa shape index (κ2) is 18.0. The summed E-state index contributed by atoms with van der Waals surface area (Å²) in [6.45, 7) is 10.6. The number of nitrogens with one attached hydrogen (secondary N) is 2. The number of carbonyl (C=O) groups is 3. The van der Waals surface area contributed by atoms with Gasteiger partial charge in [0.1, 0.15) is 17.3 Å². The topological polar surface area (TPSA) is 114 Å². The fourth-order valence-corrected chi connectivity index (χ4v) is 8.52. The van der Waals surface area contributed by atoms with E-state index in [0.29, 0.717) is 37.6 Å². The number of ether oxygens (including phenoxy) is 1. The number of piperazine rings is 1. The molecule has 0 bridgehead atoms. The van der Waals surface area contributed by atoms with Crippen LogP contribution in [0.4, 0.5) is 15.8 Å². The van der Waals surface area contributed by atoms with E-state index in [9.17, 15) is 23.9 Å². The van der Waals surface area contributed by atoms with Crippen molar-refractivity contribution in [2.45, 2.75) is 57.4 Å². The monoisotopic (exact) mass is 761 g/mol. The number of hydrogen-bond donors (Lipinski definition) is 3. The molecule has 3 N–H and O–H groups in total. The number of carbonyl (C=O) groups excluding carboxylic acids is 3. The smallest absolute Gasteiger partial charge is 0.251 e. The van der Waals surface area contributed by atoms with Crippen molar-refractivity contribution < 1.29 is 28.6 Å². The van der Waals surface area contributed by atoms with E-state index >= 15 is 0 Å². The third-order valence-electron chi connectivity index (χ3n) is 11.7. The van der Waals surface area contributed by atoms with Gasteiger partial charge >= 0.3 is 0 Å². The summed E-state index contributed by atoms with van der Waals surface area (Å²) in [5.41, 5.74) is 7.68. The first kappa shape index (κ1) is 38.8. The number of benzene rings is 4. The maximum atomic E-state index is 13.8. The number of phenolic OH excluding ortho intramolecular Hbond substituents is 1. The zero-order valence-corrected chi connectivity index (χ0v) is 32.1. The molecule has 0 aromatic heterocycles. The van der Waals surface area contributed by atoms with Gasteiger partial charge in [-0.2, -0.15) is 0 Å². The molecule has 0 spiro atoms. The van der Waals surface area contributed by atoms with Crippen LogP contribution in [0.5, 0.6) is 11.5 Å². The van der Waals surface area contributed by atoms with Crippen LogP contribution in [0.2, 0.25) is 0 Å². The molecule has 2 unspecified atom stereocenters. The van der Waals surface area contributed by atoms with Gasteiger partial charge in [0, 0.05) is 99.2 Å². The van der Waals surface area contributed by atoms with Crippen LogP contribution in [0.25, 0.3) is 0 Å². The van der Waals surface area contributed by atoms with Gasteiger partial charge < -0.3 is 25.0 Å². The predicted octanol–water partition coefficient (Wildman–Crippen LogP) is 6.57. The average Bonchev–Trinajstić information content (AvgIpc) is 3.60. The molecule has 2 saturated heterocycles. The Hall–Kier alpha value is -5.42. The van der Waals surface area contributed by atoms with E-state index < -0.39 is 0 Å². The molecule has 11 heteroatoms. The van der Waals surface area contributed by atoms with E-state index in [1.165, 1.54) is 41.9 Å². The second-order valence-electron chi connectivity index (χ2n) is 15.3. The van der Waals surface area contributed by atoms with E-state index in [1.807, 2.05) is 31.2 Å². The highest BCUT2D eigenvalue weighted by atomic mass is 19.1. The van der Waals surface area contributed by atoms with Crippen LogP contribution in [0, 0.1) is 11.7 Å². The van der Waals surface area contributed by atoms with E-state index in [4.69, 9.17) is 4.74 Å². The minimum Gasteiger partial charge on any atom is -0.508 e. The summed E-state index contributed by atoms with van der Waals surface area (Å²) in [6, 6.07) is 27.3. The minimum atomic E-state index is -0.243. The summed E-state index contributed by atoms with van der Waals surface area (Å²) in [4.78, 5) is 39.6. The van der Waals surface area contributed by atoms with Crippen molar-refractivity contribution in [3.63, 3.8) is 0 Å². The Bertz CT molecular complexity index is 1970. The normalized spacial score (nSPS) is 19.5. The van der Waals surface area contributed by atoms with Gasteiger partial charge in [-0.15, -0.1) is 0 Å². The number of aromatic hydroxyl groups is 1. The Labute approximate surface area is 328 Å². The fourth-order valence-electron chi connectivity index (χ4n) is 8.52. The summed E-state index contributed by atoms with van der Waals surface area (Å²) < 4.78 is 19.9. The third kappa shape index (κ3) is 9.16. The predicted molar refractivity (Wildman–Crippen MR) is 216 cm³/mol. The number of amides is 3. The van der Waals surface area contributed by atoms with Gasteiger partial charge in [0.15, 0.2) is 0 Å². The first-order valence-corrected chi connectivity index (χ1v) is 20.0. The van der Waals surface area contributed by atoms with Crippen LogP contribution in [0.1, 0.15) is 83.5 Å². The molecule has 2 fully saturated rings. The highest BCUT2D eigenvalue weighted by Gasteiger charge is 2.34. The van der Waals surface area contributed by atoms with Gasteiger partial charge in [-0.3, -0.25) is 24.6 Å². The lowest BCUT2D eigenvalue weighted by Crippen LogP contribution is -2.49. The molecule has 294 valence electrons. The highest BCUT2D eigenvalue weighted by molar-refractivity contribution is 5.98. The number of nitrogens with zero attached hydrogens (tertiary/aromatic N) is 3. The molecule has 8 rings (SSSR count). The maximum Gasteiger partial charge on any atom is 0.251 e. The van der Waals surface area contributed by atoms with Crippen molar-refractivity contribution >= 4 is 29.6 Å². The zero-order valence-electron chi connectivity index (χ0n) is 32.1. The highest BCUT2D eigenvalue weighted by Crippen LogP contribution is 2.47. The zero-order chi connectivity index (χ0) is 39.0. The maximum absolute atomic E-state index is 13.8. The molecule has 2 atom stereocenters. The lowest BCUT2D eigenvalue weighted by atomic mass is 9.76. The van der Waals surface area contributed by atoms with Crippen LogP contribution < -0.4 is 25.2 Å². The van der Waals surface area contributed by atoms with Crippen LogP contribution >= 0.6 is 0 Å². The Morgan fingerprint density at radius 1 is 0.893 bits per heavy atom. The molecule has 56 heavy (non-hydrogen) atoms. The Balaban J connectivity index is 0.000000478. The Kier molecular flexibility index (Phi) is 12.5. The number of hydrogen-bond acceptors (Lipinski definition) is 8. The Morgan fingerprint density at radius 3 is 2.30 bits per heavy atom. The molecule has 4 aliphatic rings. The number of piperidine rings is 1. The molecule has 0 saturated carbocycles. The molecular formula is C45H52FN5O5. The van der Waals surface area contributed by atoms with Gasteiger partial charge in [0.2, 0.25) is 12.3 Å². The summed E-state index contributed by atoms with van der Waals surface area (Å²) in [6.07, 6.45) is 5.08. The third-order valence-corrected chi connectivity index (χ3v) is 11.7. The van der Waals surface area contributed by atoms with Crippen LogP contribution in [0.3, 0.4) is 0 Å². The summed E-state index contributed by atoms with van der Waals surface area (Å²) in [7, 11) is 0. The van der Waals surface area contributed by atoms with E-state index in [2.05, 4.69) is 61.7 Å². The number of halogens is 1. The first-order chi connectivity index (χ1) is 27.3. The van der Waals surface area contributed by atoms with Gasteiger partial charge in [-0.1, -0.05) is 43.7 Å². The fraction of sp³-hybridized carbons (Fsp3) is 0.400. The number of anilines is 2. The van der Waals surface area contributed by atoms with Crippen molar-refractivity contribution in [2.75, 3.05) is 62.2 Å². The summed E-state index contributed by atoms with van der Waals surface area (Å²) >= 11 is 0. The lowest BCUT2D eigenvalue weighted by molar-refractivity contribution is -0.125. The minimum absolute atomic E-state index is 0.0347. The molecule has 0 aliphatic carbocycles. The number of imide groups is 1. The van der Waals surface area contributed by atoms with Gasteiger partial charge in [-0.25, -0.2) is 4.39 Å². The standard InChI is InChI=1S/C39H41FN4O3.C6H11NO2/c40-30-5-1-27(2-6-30)36-25-47-37-22-33(45)10-12-35(37)38(36)28-3-7-31(8-4-28)43-15-13-26(14-16-43)24-42-17-19-44(20-18-42)32-9-11-34-29(21-32)23-41-39(34)46;1-2-3-4-6(9)7-5-8/h1-12,21-22,26,36,38,45H,13-20,23-25H2,(H,41,46);5H,2-4H2,1H3,(H,7,8,9). The van der Waals surface area contributed by atoms with E-state index in [0.717, 1.165) is 80.9 Å². The molecule has 10 nitrogen and oxygen atoms in total. The summed E-state index contributed by atoms with van der Waals surface area (Å²) in [5.74, 6) is 1.29. The SMILES string of the molecule is CCCCC(=O)NC=O.O=C1NCc2cc(N3CCN(CC4CCN(c5ccc(C6c7ccc(O)cc7OCC6c6ccc(F)cc6)cc5)CC4)CC3)ccc21. The van der Waals surface area contributed by atoms with Crippen molar-refractivity contribution in [1.29, 1.82) is 0 Å². The number of rotatable bonds is 10. The first-order valence-electron chi connectivity index (χ1n) is 20.0. The van der Waals surface area contributed by atoms with E-state index in [-0.39, 0.29) is 35.2 Å². The van der Waals surface area contributed by atoms with Gasteiger partial charge in [-0.05, 0) is 90.4 Å². The average molecular weight is 762 g/mol. The second-order valence-corrected chi connectivity index (χ2v) is 15.3. The van der Waals surface area contributed by atoms with Crippen molar-refractivity contribution in [3.8, 4) is 11.5 Å². The van der Waals surface area contributed by atoms with Crippen LogP contribution in [-0.4, -0.2) is 80.7 Å².